The summed E-state index contributed by atoms with van der Waals surface area (Å²) in [7, 11) is 0. The highest BCUT2D eigenvalue weighted by molar-refractivity contribution is 7.17. The molecule has 0 saturated carbocycles. The summed E-state index contributed by atoms with van der Waals surface area (Å²) in [6, 6.07) is 9.28. The lowest BCUT2D eigenvalue weighted by Crippen LogP contribution is -2.33. The number of fused-ring (bicyclic) bond motifs is 1. The molecule has 3 aromatic rings. The summed E-state index contributed by atoms with van der Waals surface area (Å²) >= 11 is 7.87. The fourth-order valence-corrected chi connectivity index (χ4v) is 4.24. The summed E-state index contributed by atoms with van der Waals surface area (Å²) in [5.74, 6) is 0.953. The highest BCUT2D eigenvalue weighted by atomic mass is 35.5. The number of nitrogens with one attached hydrogen (secondary N) is 1. The fourth-order valence-electron chi connectivity index (χ4n) is 3.07. The molecule has 4 rings (SSSR count). The van der Waals surface area contributed by atoms with Crippen LogP contribution in [0.1, 0.15) is 27.9 Å². The Balaban J connectivity index is 1.40. The predicted octanol–water partition coefficient (Wildman–Crippen LogP) is 4.39. The molecule has 3 heterocycles. The van der Waals surface area contributed by atoms with Gasteiger partial charge in [0, 0.05) is 29.0 Å². The molecule has 1 N–H and O–H groups in total. The summed E-state index contributed by atoms with van der Waals surface area (Å²) < 4.78 is 10.8. The molecule has 0 aliphatic carbocycles. The first-order valence-electron chi connectivity index (χ1n) is 8.96. The molecule has 0 bridgehead atoms. The molecule has 2 aromatic heterocycles. The Morgan fingerprint density at radius 2 is 2.21 bits per heavy atom. The molecule has 0 radical (unpaired) electrons. The van der Waals surface area contributed by atoms with Gasteiger partial charge in [-0.2, -0.15) is 0 Å². The first-order valence-corrected chi connectivity index (χ1v) is 10.2. The average Bonchev–Trinajstić information content (AvgIpc) is 3.44. The number of hydrogen-bond donors (Lipinski definition) is 1. The van der Waals surface area contributed by atoms with Crippen molar-refractivity contribution in [2.45, 2.75) is 19.4 Å². The number of Topliss-reactive ketones (excluding diaryl/α,β-unsaturated/α-hetero) is 1. The van der Waals surface area contributed by atoms with E-state index in [-0.39, 0.29) is 17.8 Å². The maximum absolute atomic E-state index is 12.0. The lowest BCUT2D eigenvalue weighted by Gasteiger charge is -2.11. The molecular formula is C21H17ClN2O4S. The Labute approximate surface area is 176 Å². The highest BCUT2D eigenvalue weighted by Crippen LogP contribution is 2.41. The maximum atomic E-state index is 12.0. The van der Waals surface area contributed by atoms with Crippen molar-refractivity contribution in [3.8, 4) is 16.2 Å². The van der Waals surface area contributed by atoms with Gasteiger partial charge in [-0.05, 0) is 42.8 Å². The topological polar surface area (TPSA) is 81.4 Å². The largest absolute Gasteiger partial charge is 0.486 e. The minimum atomic E-state index is -0.247. The van der Waals surface area contributed by atoms with Gasteiger partial charge in [-0.15, -0.1) is 11.3 Å². The van der Waals surface area contributed by atoms with E-state index in [4.69, 9.17) is 20.9 Å². The lowest BCUT2D eigenvalue weighted by molar-refractivity contribution is -0.116. The van der Waals surface area contributed by atoms with E-state index in [0.717, 1.165) is 16.0 Å². The van der Waals surface area contributed by atoms with Crippen molar-refractivity contribution >= 4 is 40.7 Å². The number of thiophene rings is 1. The van der Waals surface area contributed by atoms with Crippen LogP contribution in [0, 0.1) is 0 Å². The number of nitrogens with zero attached hydrogens (tertiary/aromatic N) is 1. The van der Waals surface area contributed by atoms with Crippen LogP contribution in [-0.2, 0) is 11.2 Å². The van der Waals surface area contributed by atoms with E-state index in [1.165, 1.54) is 23.6 Å². The van der Waals surface area contributed by atoms with E-state index in [0.29, 0.717) is 34.4 Å². The summed E-state index contributed by atoms with van der Waals surface area (Å²) in [5, 5.41) is 6.91. The van der Waals surface area contributed by atoms with Gasteiger partial charge in [0.15, 0.2) is 11.5 Å². The minimum absolute atomic E-state index is 0.0463. The third-order valence-electron chi connectivity index (χ3n) is 4.45. The van der Waals surface area contributed by atoms with Gasteiger partial charge in [-0.3, -0.25) is 9.59 Å². The van der Waals surface area contributed by atoms with E-state index < -0.39 is 0 Å². The Hall–Kier alpha value is -2.90. The minimum Gasteiger partial charge on any atom is -0.486 e. The van der Waals surface area contributed by atoms with E-state index in [1.54, 1.807) is 19.1 Å². The van der Waals surface area contributed by atoms with Gasteiger partial charge in [0.1, 0.15) is 11.9 Å². The van der Waals surface area contributed by atoms with Crippen molar-refractivity contribution in [1.82, 2.24) is 10.5 Å². The Morgan fingerprint density at radius 1 is 1.34 bits per heavy atom. The SMILES string of the molecule is CC(=O)c1ccc(-c2cc(Cl)c3c(c2)CC(CNC(=O)/C=C/c2ccno2)O3)s1. The second kappa shape index (κ2) is 8.23. The normalized spacial score (nSPS) is 15.3. The average molecular weight is 429 g/mol. The Kier molecular flexibility index (Phi) is 5.51. The molecule has 1 unspecified atom stereocenters. The van der Waals surface area contributed by atoms with Crippen LogP contribution in [-0.4, -0.2) is 29.5 Å². The third kappa shape index (κ3) is 4.41. The van der Waals surface area contributed by atoms with Gasteiger partial charge in [0.25, 0.3) is 0 Å². The molecule has 6 nitrogen and oxygen atoms in total. The summed E-state index contributed by atoms with van der Waals surface area (Å²) in [6.07, 6.45) is 4.89. The summed E-state index contributed by atoms with van der Waals surface area (Å²) in [6.45, 7) is 1.91. The smallest absolute Gasteiger partial charge is 0.244 e. The first-order chi connectivity index (χ1) is 14.0. The predicted molar refractivity (Wildman–Crippen MR) is 111 cm³/mol. The number of ether oxygens (including phenoxy) is 1. The monoisotopic (exact) mass is 428 g/mol. The number of rotatable bonds is 6. The highest BCUT2D eigenvalue weighted by Gasteiger charge is 2.26. The zero-order valence-electron chi connectivity index (χ0n) is 15.5. The molecule has 148 valence electrons. The quantitative estimate of drug-likeness (QED) is 0.465. The zero-order chi connectivity index (χ0) is 20.4. The molecule has 1 aliphatic heterocycles. The van der Waals surface area contributed by atoms with Crippen LogP contribution in [0.25, 0.3) is 16.5 Å². The van der Waals surface area contributed by atoms with Gasteiger partial charge in [0.05, 0.1) is 22.6 Å². The molecule has 29 heavy (non-hydrogen) atoms. The number of amides is 1. The standard InChI is InChI=1S/C21H17ClN2O4S/c1-12(25)18-3-4-19(29-18)13-8-14-9-16(27-21(14)17(22)10-13)11-23-20(26)5-2-15-6-7-24-28-15/h2-8,10,16H,9,11H2,1H3,(H,23,26)/b5-2+. The van der Waals surface area contributed by atoms with Gasteiger partial charge >= 0.3 is 0 Å². The van der Waals surface area contributed by atoms with Crippen molar-refractivity contribution in [3.63, 3.8) is 0 Å². The van der Waals surface area contributed by atoms with Crippen LogP contribution >= 0.6 is 22.9 Å². The first kappa shape index (κ1) is 19.4. The fraction of sp³-hybridized carbons (Fsp3) is 0.190. The lowest BCUT2D eigenvalue weighted by atomic mass is 10.1. The number of halogens is 1. The molecule has 1 atom stereocenters. The Morgan fingerprint density at radius 3 is 2.93 bits per heavy atom. The van der Waals surface area contributed by atoms with E-state index in [2.05, 4.69) is 10.5 Å². The van der Waals surface area contributed by atoms with Crippen molar-refractivity contribution in [1.29, 1.82) is 0 Å². The van der Waals surface area contributed by atoms with Crippen molar-refractivity contribution < 1.29 is 18.8 Å². The zero-order valence-corrected chi connectivity index (χ0v) is 17.0. The summed E-state index contributed by atoms with van der Waals surface area (Å²) in [4.78, 5) is 25.2. The molecule has 1 aromatic carbocycles. The van der Waals surface area contributed by atoms with Gasteiger partial charge in [-0.1, -0.05) is 16.8 Å². The number of hydrogen-bond acceptors (Lipinski definition) is 6. The molecule has 0 saturated heterocycles. The van der Waals surface area contributed by atoms with Crippen LogP contribution in [0.4, 0.5) is 0 Å². The number of carbonyl (C=O) groups is 2. The molecule has 8 heteroatoms. The summed E-state index contributed by atoms with van der Waals surface area (Å²) in [5.41, 5.74) is 1.94. The van der Waals surface area contributed by atoms with Crippen molar-refractivity contribution in [2.24, 2.45) is 0 Å². The van der Waals surface area contributed by atoms with Crippen LogP contribution in [0.2, 0.25) is 5.02 Å². The molecular weight excluding hydrogens is 412 g/mol. The van der Waals surface area contributed by atoms with Gasteiger partial charge in [-0.25, -0.2) is 0 Å². The van der Waals surface area contributed by atoms with Crippen LogP contribution in [0.3, 0.4) is 0 Å². The third-order valence-corrected chi connectivity index (χ3v) is 5.97. The number of aromatic nitrogens is 1. The van der Waals surface area contributed by atoms with Crippen LogP contribution in [0.15, 0.2) is 47.1 Å². The van der Waals surface area contributed by atoms with E-state index in [1.807, 2.05) is 24.3 Å². The second-order valence-corrected chi connectivity index (χ2v) is 8.09. The van der Waals surface area contributed by atoms with Gasteiger partial charge in [0.2, 0.25) is 5.91 Å². The van der Waals surface area contributed by atoms with Crippen LogP contribution in [0.5, 0.6) is 5.75 Å². The molecule has 1 amide bonds. The van der Waals surface area contributed by atoms with Crippen LogP contribution < -0.4 is 10.1 Å². The van der Waals surface area contributed by atoms with Crippen molar-refractivity contribution in [2.75, 3.05) is 6.54 Å². The molecule has 0 fully saturated rings. The second-order valence-electron chi connectivity index (χ2n) is 6.60. The molecule has 0 spiro atoms. The maximum Gasteiger partial charge on any atom is 0.244 e. The number of carbonyl (C=O) groups excluding carboxylic acids is 2. The van der Waals surface area contributed by atoms with Crippen molar-refractivity contribution in [3.05, 3.63) is 63.8 Å². The number of ketones is 1. The number of benzene rings is 1. The Bertz CT molecular complexity index is 1090. The van der Waals surface area contributed by atoms with E-state index in [9.17, 15) is 9.59 Å². The van der Waals surface area contributed by atoms with Gasteiger partial charge < -0.3 is 14.6 Å². The van der Waals surface area contributed by atoms with E-state index >= 15 is 0 Å². The molecule has 1 aliphatic rings.